The molecule has 0 bridgehead atoms. The zero-order chi connectivity index (χ0) is 8.97. The summed E-state index contributed by atoms with van der Waals surface area (Å²) in [7, 11) is 1.96. The van der Waals surface area contributed by atoms with Crippen molar-refractivity contribution < 1.29 is 0 Å². The van der Waals surface area contributed by atoms with E-state index in [4.69, 9.17) is 11.6 Å². The van der Waals surface area contributed by atoms with Crippen molar-refractivity contribution in [2.24, 2.45) is 7.05 Å². The van der Waals surface area contributed by atoms with Crippen molar-refractivity contribution in [3.8, 4) is 0 Å². The van der Waals surface area contributed by atoms with Gasteiger partial charge in [-0.25, -0.2) is 4.98 Å². The molecule has 0 aliphatic rings. The van der Waals surface area contributed by atoms with Crippen molar-refractivity contribution in [1.82, 2.24) is 9.55 Å². The molecule has 0 spiro atoms. The molecule has 0 aliphatic carbocycles. The molecular weight excluding hydrogens is 174 g/mol. The molecule has 1 atom stereocenters. The van der Waals surface area contributed by atoms with Gasteiger partial charge in [-0.3, -0.25) is 0 Å². The van der Waals surface area contributed by atoms with Gasteiger partial charge in [0.05, 0.1) is 0 Å². The summed E-state index contributed by atoms with van der Waals surface area (Å²) in [5.41, 5.74) is 0. The number of nitrogens with zero attached hydrogens (tertiary/aromatic N) is 2. The monoisotopic (exact) mass is 187 g/mol. The van der Waals surface area contributed by atoms with Gasteiger partial charge in [0.2, 0.25) is 5.95 Å². The zero-order valence-electron chi connectivity index (χ0n) is 7.42. The first-order valence-electron chi connectivity index (χ1n) is 4.05. The maximum atomic E-state index is 5.79. The van der Waals surface area contributed by atoms with E-state index in [1.54, 1.807) is 6.20 Å². The molecule has 0 fully saturated rings. The number of alkyl halides is 1. The Morgan fingerprint density at radius 2 is 2.50 bits per heavy atom. The van der Waals surface area contributed by atoms with Gasteiger partial charge in [0.25, 0.3) is 0 Å². The van der Waals surface area contributed by atoms with Gasteiger partial charge < -0.3 is 9.88 Å². The molecule has 1 aromatic rings. The molecule has 1 N–H and O–H groups in total. The summed E-state index contributed by atoms with van der Waals surface area (Å²) < 4.78 is 1.94. The number of imidazole rings is 1. The van der Waals surface area contributed by atoms with Crippen LogP contribution in [0, 0.1) is 0 Å². The van der Waals surface area contributed by atoms with Gasteiger partial charge in [0.15, 0.2) is 0 Å². The predicted molar refractivity (Wildman–Crippen MR) is 51.6 cm³/mol. The van der Waals surface area contributed by atoms with Gasteiger partial charge in [-0.15, -0.1) is 11.6 Å². The fraction of sp³-hybridized carbons (Fsp3) is 0.625. The zero-order valence-corrected chi connectivity index (χ0v) is 8.17. The number of aryl methyl sites for hydroxylation is 1. The van der Waals surface area contributed by atoms with Crippen LogP contribution in [-0.4, -0.2) is 21.5 Å². The van der Waals surface area contributed by atoms with Crippen LogP contribution in [0.1, 0.15) is 13.3 Å². The Kier molecular flexibility index (Phi) is 3.41. The molecule has 0 saturated carbocycles. The second kappa shape index (κ2) is 4.36. The van der Waals surface area contributed by atoms with E-state index in [-0.39, 0.29) is 5.38 Å². The first kappa shape index (κ1) is 9.39. The summed E-state index contributed by atoms with van der Waals surface area (Å²) in [6, 6.07) is 0. The van der Waals surface area contributed by atoms with Gasteiger partial charge in [0.1, 0.15) is 0 Å². The first-order chi connectivity index (χ1) is 5.70. The van der Waals surface area contributed by atoms with Crippen LogP contribution in [0.5, 0.6) is 0 Å². The second-order valence-corrected chi connectivity index (χ2v) is 3.60. The first-order valence-corrected chi connectivity index (χ1v) is 4.49. The number of anilines is 1. The highest BCUT2D eigenvalue weighted by Crippen LogP contribution is 2.03. The van der Waals surface area contributed by atoms with Gasteiger partial charge in [-0.1, -0.05) is 0 Å². The maximum Gasteiger partial charge on any atom is 0.202 e. The Balaban J connectivity index is 2.29. The highest BCUT2D eigenvalue weighted by atomic mass is 35.5. The summed E-state index contributed by atoms with van der Waals surface area (Å²) >= 11 is 5.79. The van der Waals surface area contributed by atoms with Crippen molar-refractivity contribution >= 4 is 17.5 Å². The van der Waals surface area contributed by atoms with Crippen LogP contribution in [0.4, 0.5) is 5.95 Å². The number of rotatable bonds is 4. The lowest BCUT2D eigenvalue weighted by molar-refractivity contribution is 0.818. The van der Waals surface area contributed by atoms with Crippen LogP contribution >= 0.6 is 11.6 Å². The third-order valence-corrected chi connectivity index (χ3v) is 1.86. The molecule has 1 rings (SSSR count). The minimum Gasteiger partial charge on any atom is -0.356 e. The smallest absolute Gasteiger partial charge is 0.202 e. The molecule has 1 unspecified atom stereocenters. The van der Waals surface area contributed by atoms with Crippen LogP contribution in [0.25, 0.3) is 0 Å². The molecule has 4 heteroatoms. The lowest BCUT2D eigenvalue weighted by Gasteiger charge is -2.06. The topological polar surface area (TPSA) is 29.9 Å². The molecule has 0 aliphatic heterocycles. The average molecular weight is 188 g/mol. The molecule has 12 heavy (non-hydrogen) atoms. The van der Waals surface area contributed by atoms with E-state index in [0.717, 1.165) is 18.9 Å². The van der Waals surface area contributed by atoms with Crippen LogP contribution in [-0.2, 0) is 7.05 Å². The Labute approximate surface area is 77.7 Å². The van der Waals surface area contributed by atoms with E-state index in [1.165, 1.54) is 0 Å². The van der Waals surface area contributed by atoms with E-state index in [9.17, 15) is 0 Å². The van der Waals surface area contributed by atoms with Crippen molar-refractivity contribution in [2.45, 2.75) is 18.7 Å². The number of halogens is 1. The molecule has 0 amide bonds. The molecule has 0 aromatic carbocycles. The van der Waals surface area contributed by atoms with E-state index < -0.39 is 0 Å². The van der Waals surface area contributed by atoms with Gasteiger partial charge in [-0.05, 0) is 13.3 Å². The number of nitrogens with one attached hydrogen (secondary N) is 1. The normalized spacial score (nSPS) is 12.9. The molecule has 1 aromatic heterocycles. The van der Waals surface area contributed by atoms with Crippen LogP contribution in [0.3, 0.4) is 0 Å². The Morgan fingerprint density at radius 1 is 1.75 bits per heavy atom. The van der Waals surface area contributed by atoms with Crippen molar-refractivity contribution in [2.75, 3.05) is 11.9 Å². The van der Waals surface area contributed by atoms with Crippen LogP contribution < -0.4 is 5.32 Å². The van der Waals surface area contributed by atoms with E-state index in [0.29, 0.717) is 0 Å². The molecule has 0 radical (unpaired) electrons. The Morgan fingerprint density at radius 3 is 3.00 bits per heavy atom. The largest absolute Gasteiger partial charge is 0.356 e. The lowest BCUT2D eigenvalue weighted by atomic mass is 10.3. The maximum absolute atomic E-state index is 5.79. The summed E-state index contributed by atoms with van der Waals surface area (Å²) in [5, 5.41) is 3.41. The molecule has 0 saturated heterocycles. The van der Waals surface area contributed by atoms with E-state index in [1.807, 2.05) is 24.7 Å². The third kappa shape index (κ3) is 2.74. The summed E-state index contributed by atoms with van der Waals surface area (Å²) in [6.07, 6.45) is 4.63. The van der Waals surface area contributed by atoms with Crippen LogP contribution in [0.15, 0.2) is 12.4 Å². The number of hydrogen-bond donors (Lipinski definition) is 1. The summed E-state index contributed by atoms with van der Waals surface area (Å²) in [5.74, 6) is 0.896. The average Bonchev–Trinajstić information content (AvgIpc) is 2.36. The van der Waals surface area contributed by atoms with Gasteiger partial charge in [0, 0.05) is 31.4 Å². The summed E-state index contributed by atoms with van der Waals surface area (Å²) in [4.78, 5) is 4.12. The van der Waals surface area contributed by atoms with Crippen molar-refractivity contribution in [1.29, 1.82) is 0 Å². The van der Waals surface area contributed by atoms with Gasteiger partial charge >= 0.3 is 0 Å². The molecule has 68 valence electrons. The number of aromatic nitrogens is 2. The van der Waals surface area contributed by atoms with E-state index in [2.05, 4.69) is 10.3 Å². The third-order valence-electron chi connectivity index (χ3n) is 1.65. The van der Waals surface area contributed by atoms with Crippen molar-refractivity contribution in [3.63, 3.8) is 0 Å². The molecule has 1 heterocycles. The van der Waals surface area contributed by atoms with Crippen molar-refractivity contribution in [3.05, 3.63) is 12.4 Å². The van der Waals surface area contributed by atoms with Gasteiger partial charge in [-0.2, -0.15) is 0 Å². The Bertz CT molecular complexity index is 232. The minimum atomic E-state index is 0.220. The molecular formula is C8H14ClN3. The highest BCUT2D eigenvalue weighted by Gasteiger charge is 1.98. The quantitative estimate of drug-likeness (QED) is 0.730. The SMILES string of the molecule is CC(Cl)CCNc1nccn1C. The molecule has 3 nitrogen and oxygen atoms in total. The predicted octanol–water partition coefficient (Wildman–Crippen LogP) is 1.85. The van der Waals surface area contributed by atoms with Crippen LogP contribution in [0.2, 0.25) is 0 Å². The second-order valence-electron chi connectivity index (χ2n) is 2.86. The summed E-state index contributed by atoms with van der Waals surface area (Å²) in [6.45, 7) is 2.86. The minimum absolute atomic E-state index is 0.220. The highest BCUT2D eigenvalue weighted by molar-refractivity contribution is 6.20. The fourth-order valence-electron chi connectivity index (χ4n) is 0.919. The number of hydrogen-bond acceptors (Lipinski definition) is 2. The fourth-order valence-corrected chi connectivity index (χ4v) is 1.03. The van der Waals surface area contributed by atoms with E-state index >= 15 is 0 Å². The standard InChI is InChI=1S/C8H14ClN3/c1-7(9)3-4-10-8-11-5-6-12(8)2/h5-7H,3-4H2,1-2H3,(H,10,11). The Hall–Kier alpha value is -0.700. The lowest BCUT2D eigenvalue weighted by Crippen LogP contribution is -2.09.